The highest BCUT2D eigenvalue weighted by molar-refractivity contribution is 6.29. The van der Waals surface area contributed by atoms with Crippen molar-refractivity contribution in [3.8, 4) is 0 Å². The van der Waals surface area contributed by atoms with Gasteiger partial charge in [0.2, 0.25) is 0 Å². The van der Waals surface area contributed by atoms with Crippen LogP contribution in [0.15, 0.2) is 36.4 Å². The Kier molecular flexibility index (Phi) is 5.14. The average molecular weight is 306 g/mol. The predicted octanol–water partition coefficient (Wildman–Crippen LogP) is 2.20. The van der Waals surface area contributed by atoms with E-state index < -0.39 is 0 Å². The van der Waals surface area contributed by atoms with Gasteiger partial charge in [-0.15, -0.1) is 0 Å². The summed E-state index contributed by atoms with van der Waals surface area (Å²) >= 11 is 5.87. The number of amides is 1. The molecule has 21 heavy (non-hydrogen) atoms. The van der Waals surface area contributed by atoms with E-state index in [1.165, 1.54) is 6.07 Å². The molecule has 0 bridgehead atoms. The summed E-state index contributed by atoms with van der Waals surface area (Å²) in [6.07, 6.45) is 0. The molecule has 1 heterocycles. The molecule has 0 spiro atoms. The lowest BCUT2D eigenvalue weighted by molar-refractivity contribution is 0.0950. The summed E-state index contributed by atoms with van der Waals surface area (Å²) in [6.45, 7) is 0.279. The van der Waals surface area contributed by atoms with Crippen molar-refractivity contribution < 1.29 is 9.90 Å². The van der Waals surface area contributed by atoms with E-state index in [9.17, 15) is 9.90 Å². The maximum atomic E-state index is 12.2. The smallest absolute Gasteiger partial charge is 0.251 e. The summed E-state index contributed by atoms with van der Waals surface area (Å²) in [5, 5.41) is 15.2. The third-order valence-electron chi connectivity index (χ3n) is 3.04. The zero-order valence-corrected chi connectivity index (χ0v) is 12.3. The Bertz CT molecular complexity index is 647. The summed E-state index contributed by atoms with van der Waals surface area (Å²) in [4.78, 5) is 16.2. The van der Waals surface area contributed by atoms with Crippen LogP contribution in [-0.2, 0) is 13.2 Å². The second-order valence-corrected chi connectivity index (χ2v) is 4.81. The normalized spacial score (nSPS) is 10.2. The molecule has 0 unspecified atom stereocenters. The molecule has 0 radical (unpaired) electrons. The Labute approximate surface area is 128 Å². The van der Waals surface area contributed by atoms with E-state index >= 15 is 0 Å². The third kappa shape index (κ3) is 3.93. The van der Waals surface area contributed by atoms with Gasteiger partial charge in [-0.25, -0.2) is 4.98 Å². The van der Waals surface area contributed by atoms with E-state index in [1.807, 2.05) is 24.3 Å². The Morgan fingerprint density at radius 1 is 1.29 bits per heavy atom. The number of halogens is 1. The number of anilines is 1. The van der Waals surface area contributed by atoms with Gasteiger partial charge in [0, 0.05) is 19.2 Å². The molecule has 1 aromatic carbocycles. The highest BCUT2D eigenvalue weighted by Crippen LogP contribution is 2.14. The molecule has 0 fully saturated rings. The van der Waals surface area contributed by atoms with Crippen LogP contribution in [0.5, 0.6) is 0 Å². The minimum atomic E-state index is -0.247. The molecule has 0 saturated carbocycles. The number of aliphatic hydroxyl groups is 1. The van der Waals surface area contributed by atoms with Crippen molar-refractivity contribution in [2.75, 3.05) is 12.4 Å². The van der Waals surface area contributed by atoms with Gasteiger partial charge in [-0.3, -0.25) is 4.79 Å². The molecule has 0 saturated heterocycles. The van der Waals surface area contributed by atoms with Crippen LogP contribution >= 0.6 is 11.6 Å². The number of nitrogens with zero attached hydrogens (tertiary/aromatic N) is 1. The second kappa shape index (κ2) is 7.06. The average Bonchev–Trinajstić information content (AvgIpc) is 2.52. The van der Waals surface area contributed by atoms with E-state index in [4.69, 9.17) is 11.6 Å². The van der Waals surface area contributed by atoms with E-state index in [-0.39, 0.29) is 17.7 Å². The topological polar surface area (TPSA) is 74.2 Å². The predicted molar refractivity (Wildman–Crippen MR) is 82.3 cm³/mol. The van der Waals surface area contributed by atoms with Crippen LogP contribution in [0.25, 0.3) is 0 Å². The van der Waals surface area contributed by atoms with Crippen molar-refractivity contribution in [3.05, 3.63) is 58.2 Å². The van der Waals surface area contributed by atoms with Crippen LogP contribution in [0, 0.1) is 0 Å². The lowest BCUT2D eigenvalue weighted by Crippen LogP contribution is -2.23. The lowest BCUT2D eigenvalue weighted by Gasteiger charge is -2.10. The fourth-order valence-corrected chi connectivity index (χ4v) is 2.13. The second-order valence-electron chi connectivity index (χ2n) is 4.42. The fraction of sp³-hybridized carbons (Fsp3) is 0.200. The van der Waals surface area contributed by atoms with Crippen molar-refractivity contribution in [1.82, 2.24) is 10.3 Å². The van der Waals surface area contributed by atoms with Gasteiger partial charge in [0.1, 0.15) is 11.0 Å². The van der Waals surface area contributed by atoms with Gasteiger partial charge in [-0.05, 0) is 23.3 Å². The van der Waals surface area contributed by atoms with E-state index in [2.05, 4.69) is 15.6 Å². The zero-order valence-electron chi connectivity index (χ0n) is 11.6. The van der Waals surface area contributed by atoms with Gasteiger partial charge in [-0.1, -0.05) is 35.9 Å². The molecule has 0 aliphatic heterocycles. The van der Waals surface area contributed by atoms with Gasteiger partial charge in [0.05, 0.1) is 6.61 Å². The van der Waals surface area contributed by atoms with Gasteiger partial charge in [-0.2, -0.15) is 0 Å². The molecule has 2 aromatic rings. The maximum absolute atomic E-state index is 12.2. The number of carbonyl (C=O) groups excluding carboxylic acids is 1. The molecule has 1 amide bonds. The number of hydrogen-bond donors (Lipinski definition) is 3. The highest BCUT2D eigenvalue weighted by Gasteiger charge is 2.09. The van der Waals surface area contributed by atoms with Crippen molar-refractivity contribution in [1.29, 1.82) is 0 Å². The molecule has 3 N–H and O–H groups in total. The third-order valence-corrected chi connectivity index (χ3v) is 3.23. The van der Waals surface area contributed by atoms with Crippen LogP contribution in [-0.4, -0.2) is 23.0 Å². The quantitative estimate of drug-likeness (QED) is 0.740. The van der Waals surface area contributed by atoms with Crippen LogP contribution in [0.2, 0.25) is 5.15 Å². The molecule has 1 aromatic heterocycles. The molecular weight excluding hydrogens is 290 g/mol. The zero-order chi connectivity index (χ0) is 15.2. The number of rotatable bonds is 5. The lowest BCUT2D eigenvalue weighted by atomic mass is 10.1. The van der Waals surface area contributed by atoms with Crippen molar-refractivity contribution in [3.63, 3.8) is 0 Å². The highest BCUT2D eigenvalue weighted by atomic mass is 35.5. The van der Waals surface area contributed by atoms with Gasteiger partial charge in [0.15, 0.2) is 0 Å². The van der Waals surface area contributed by atoms with E-state index in [0.29, 0.717) is 17.9 Å². The molecule has 2 rings (SSSR count). The number of aromatic nitrogens is 1. The molecule has 0 aliphatic rings. The van der Waals surface area contributed by atoms with E-state index in [1.54, 1.807) is 13.1 Å². The number of nitrogens with one attached hydrogen (secondary N) is 2. The number of hydrogen-bond acceptors (Lipinski definition) is 4. The van der Waals surface area contributed by atoms with Crippen molar-refractivity contribution in [2.45, 2.75) is 13.2 Å². The summed E-state index contributed by atoms with van der Waals surface area (Å²) in [5.74, 6) is 0.284. The molecule has 6 heteroatoms. The Balaban J connectivity index is 2.10. The molecule has 0 atom stereocenters. The van der Waals surface area contributed by atoms with Gasteiger partial charge < -0.3 is 15.7 Å². The van der Waals surface area contributed by atoms with Crippen LogP contribution < -0.4 is 10.6 Å². The Hall–Kier alpha value is -2.11. The minimum Gasteiger partial charge on any atom is -0.392 e. The summed E-state index contributed by atoms with van der Waals surface area (Å²) < 4.78 is 0. The van der Waals surface area contributed by atoms with Gasteiger partial charge >= 0.3 is 0 Å². The Morgan fingerprint density at radius 2 is 2.00 bits per heavy atom. The van der Waals surface area contributed by atoms with Crippen LogP contribution in [0.3, 0.4) is 0 Å². The molecule has 0 aliphatic carbocycles. The molecule has 5 nitrogen and oxygen atoms in total. The van der Waals surface area contributed by atoms with E-state index in [0.717, 1.165) is 11.1 Å². The van der Waals surface area contributed by atoms with Crippen molar-refractivity contribution >= 4 is 23.3 Å². The maximum Gasteiger partial charge on any atom is 0.251 e. The fourth-order valence-electron chi connectivity index (χ4n) is 1.92. The van der Waals surface area contributed by atoms with Crippen LogP contribution in [0.1, 0.15) is 21.5 Å². The minimum absolute atomic E-state index is 0.0585. The summed E-state index contributed by atoms with van der Waals surface area (Å²) in [7, 11) is 1.71. The summed E-state index contributed by atoms with van der Waals surface area (Å²) in [5.41, 5.74) is 2.10. The van der Waals surface area contributed by atoms with Crippen LogP contribution in [0.4, 0.5) is 5.82 Å². The SMILES string of the molecule is CNc1cc(C(=O)NCc2ccccc2CO)cc(Cl)n1. The number of benzene rings is 1. The first kappa shape index (κ1) is 15.3. The number of carbonyl (C=O) groups is 1. The number of aliphatic hydroxyl groups excluding tert-OH is 1. The first-order valence-electron chi connectivity index (χ1n) is 6.45. The first-order valence-corrected chi connectivity index (χ1v) is 6.83. The standard InChI is InChI=1S/C15H16ClN3O2/c1-17-14-7-12(6-13(16)19-14)15(21)18-8-10-4-2-3-5-11(10)9-20/h2-7,20H,8-9H2,1H3,(H,17,19)(H,18,21). The first-order chi connectivity index (χ1) is 10.1. The monoisotopic (exact) mass is 305 g/mol. The molecular formula is C15H16ClN3O2. The number of pyridine rings is 1. The largest absolute Gasteiger partial charge is 0.392 e. The Morgan fingerprint density at radius 3 is 2.67 bits per heavy atom. The van der Waals surface area contributed by atoms with Gasteiger partial charge in [0.25, 0.3) is 5.91 Å². The molecule has 110 valence electrons. The summed E-state index contributed by atoms with van der Waals surface area (Å²) in [6, 6.07) is 10.5. The van der Waals surface area contributed by atoms with Crippen molar-refractivity contribution in [2.24, 2.45) is 0 Å².